The Hall–Kier alpha value is -2.45. The molecule has 2 aromatic rings. The van der Waals surface area contributed by atoms with E-state index < -0.39 is 4.92 Å². The summed E-state index contributed by atoms with van der Waals surface area (Å²) in [7, 11) is 0. The summed E-state index contributed by atoms with van der Waals surface area (Å²) in [5.74, 6) is 5.57. The molecular formula is C12H9N3O2. The Morgan fingerprint density at radius 1 is 1.41 bits per heavy atom. The summed E-state index contributed by atoms with van der Waals surface area (Å²) in [6, 6.07) is 6.35. The number of nitrogens with zero attached hydrogens (tertiary/aromatic N) is 2. The number of pyridine rings is 1. The van der Waals surface area contributed by atoms with E-state index in [0.717, 1.165) is 0 Å². The number of nitro groups is 1. The number of hydrogen-bond donors (Lipinski definition) is 1. The zero-order valence-corrected chi connectivity index (χ0v) is 8.88. The zero-order valence-electron chi connectivity index (χ0n) is 8.88. The van der Waals surface area contributed by atoms with E-state index in [1.165, 1.54) is 6.07 Å². The van der Waals surface area contributed by atoms with Gasteiger partial charge in [0.1, 0.15) is 0 Å². The molecule has 84 valence electrons. The fourth-order valence-electron chi connectivity index (χ4n) is 1.56. The Balaban J connectivity index is 2.75. The molecule has 1 heterocycles. The van der Waals surface area contributed by atoms with Crippen molar-refractivity contribution in [3.8, 4) is 11.8 Å². The first-order chi connectivity index (χ1) is 8.24. The van der Waals surface area contributed by atoms with Gasteiger partial charge >= 0.3 is 0 Å². The molecule has 0 radical (unpaired) electrons. The predicted octanol–water partition coefficient (Wildman–Crippen LogP) is 1.45. The van der Waals surface area contributed by atoms with E-state index in [9.17, 15) is 10.1 Å². The van der Waals surface area contributed by atoms with E-state index in [-0.39, 0.29) is 12.2 Å². The minimum Gasteiger partial charge on any atom is -0.320 e. The molecule has 17 heavy (non-hydrogen) atoms. The molecule has 0 fully saturated rings. The van der Waals surface area contributed by atoms with Crippen molar-refractivity contribution in [1.82, 2.24) is 4.98 Å². The molecule has 2 N–H and O–H groups in total. The highest BCUT2D eigenvalue weighted by Gasteiger charge is 2.13. The van der Waals surface area contributed by atoms with Crippen LogP contribution in [0, 0.1) is 22.0 Å². The van der Waals surface area contributed by atoms with Gasteiger partial charge in [-0.05, 0) is 18.2 Å². The highest BCUT2D eigenvalue weighted by molar-refractivity contribution is 5.92. The highest BCUT2D eigenvalue weighted by atomic mass is 16.6. The highest BCUT2D eigenvalue weighted by Crippen LogP contribution is 2.26. The van der Waals surface area contributed by atoms with Crippen LogP contribution in [-0.2, 0) is 0 Å². The SMILES string of the molecule is NCC#Cc1ccc([N+](=O)[O-])c2cccnc12. The average Bonchev–Trinajstić information content (AvgIpc) is 2.35. The molecule has 2 rings (SSSR count). The van der Waals surface area contributed by atoms with Crippen molar-refractivity contribution in [3.05, 3.63) is 46.1 Å². The standard InChI is InChI=1S/C12H9N3O2/c13-7-1-3-9-5-6-11(15(16)17)10-4-2-8-14-12(9)10/h2,4-6,8H,7,13H2. The Morgan fingerprint density at radius 3 is 2.94 bits per heavy atom. The third kappa shape index (κ3) is 2.07. The number of rotatable bonds is 1. The van der Waals surface area contributed by atoms with Gasteiger partial charge in [0, 0.05) is 12.3 Å². The number of nitrogens with two attached hydrogens (primary N) is 1. The first-order valence-corrected chi connectivity index (χ1v) is 4.95. The maximum Gasteiger partial charge on any atom is 0.278 e. The van der Waals surface area contributed by atoms with Crippen molar-refractivity contribution < 1.29 is 4.92 Å². The van der Waals surface area contributed by atoms with Crippen LogP contribution >= 0.6 is 0 Å². The third-order valence-electron chi connectivity index (χ3n) is 2.27. The summed E-state index contributed by atoms with van der Waals surface area (Å²) in [4.78, 5) is 14.6. The maximum atomic E-state index is 10.9. The summed E-state index contributed by atoms with van der Waals surface area (Å²) in [6.45, 7) is 0.241. The van der Waals surface area contributed by atoms with Gasteiger partial charge in [-0.1, -0.05) is 11.8 Å². The smallest absolute Gasteiger partial charge is 0.278 e. The number of aromatic nitrogens is 1. The summed E-state index contributed by atoms with van der Waals surface area (Å²) < 4.78 is 0. The van der Waals surface area contributed by atoms with Crippen molar-refractivity contribution in [2.24, 2.45) is 5.73 Å². The number of nitro benzene ring substituents is 1. The van der Waals surface area contributed by atoms with Gasteiger partial charge in [0.15, 0.2) is 0 Å². The molecule has 5 nitrogen and oxygen atoms in total. The second kappa shape index (κ2) is 4.60. The van der Waals surface area contributed by atoms with E-state index in [0.29, 0.717) is 16.5 Å². The van der Waals surface area contributed by atoms with Crippen molar-refractivity contribution in [1.29, 1.82) is 0 Å². The fourth-order valence-corrected chi connectivity index (χ4v) is 1.56. The van der Waals surface area contributed by atoms with Gasteiger partial charge in [0.2, 0.25) is 0 Å². The molecule has 0 saturated carbocycles. The Kier molecular flexibility index (Phi) is 2.99. The Morgan fingerprint density at radius 2 is 2.24 bits per heavy atom. The lowest BCUT2D eigenvalue weighted by Gasteiger charge is -2.00. The molecule has 5 heteroatoms. The molecule has 0 unspecified atom stereocenters. The van der Waals surface area contributed by atoms with Gasteiger partial charge in [-0.25, -0.2) is 0 Å². The van der Waals surface area contributed by atoms with E-state index in [1.807, 2.05) is 0 Å². The van der Waals surface area contributed by atoms with E-state index in [2.05, 4.69) is 16.8 Å². The van der Waals surface area contributed by atoms with Crippen molar-refractivity contribution >= 4 is 16.6 Å². The monoisotopic (exact) mass is 227 g/mol. The second-order valence-electron chi connectivity index (χ2n) is 3.29. The molecule has 0 aliphatic heterocycles. The molecule has 1 aromatic carbocycles. The minimum absolute atomic E-state index is 0.0337. The maximum absolute atomic E-state index is 10.9. The van der Waals surface area contributed by atoms with Crippen LogP contribution in [0.1, 0.15) is 5.56 Å². The third-order valence-corrected chi connectivity index (χ3v) is 2.27. The quantitative estimate of drug-likeness (QED) is 0.454. The van der Waals surface area contributed by atoms with Crippen molar-refractivity contribution in [3.63, 3.8) is 0 Å². The van der Waals surface area contributed by atoms with Crippen LogP contribution in [0.3, 0.4) is 0 Å². The van der Waals surface area contributed by atoms with Gasteiger partial charge in [0.05, 0.1) is 27.9 Å². The molecule has 0 amide bonds. The summed E-state index contributed by atoms with van der Waals surface area (Å²) in [5, 5.41) is 11.3. The van der Waals surface area contributed by atoms with Crippen LogP contribution < -0.4 is 5.73 Å². The molecular weight excluding hydrogens is 218 g/mol. The normalized spacial score (nSPS) is 9.71. The lowest BCUT2D eigenvalue weighted by Crippen LogP contribution is -1.95. The van der Waals surface area contributed by atoms with Gasteiger partial charge in [0.25, 0.3) is 5.69 Å². The Bertz CT molecular complexity index is 641. The molecule has 0 aliphatic rings. The van der Waals surface area contributed by atoms with Crippen molar-refractivity contribution in [2.75, 3.05) is 6.54 Å². The molecule has 0 aliphatic carbocycles. The molecule has 1 aromatic heterocycles. The van der Waals surface area contributed by atoms with Gasteiger partial charge in [-0.3, -0.25) is 15.1 Å². The molecule has 0 spiro atoms. The largest absolute Gasteiger partial charge is 0.320 e. The van der Waals surface area contributed by atoms with E-state index in [4.69, 9.17) is 5.73 Å². The van der Waals surface area contributed by atoms with Crippen LogP contribution in [0.4, 0.5) is 5.69 Å². The summed E-state index contributed by atoms with van der Waals surface area (Å²) in [5.41, 5.74) is 6.51. The molecule has 0 atom stereocenters. The summed E-state index contributed by atoms with van der Waals surface area (Å²) in [6.07, 6.45) is 1.58. The zero-order chi connectivity index (χ0) is 12.3. The molecule has 0 saturated heterocycles. The van der Waals surface area contributed by atoms with Crippen LogP contribution in [-0.4, -0.2) is 16.5 Å². The summed E-state index contributed by atoms with van der Waals surface area (Å²) >= 11 is 0. The van der Waals surface area contributed by atoms with Crippen LogP contribution in [0.25, 0.3) is 10.9 Å². The number of hydrogen-bond acceptors (Lipinski definition) is 4. The number of benzene rings is 1. The molecule has 0 bridgehead atoms. The van der Waals surface area contributed by atoms with E-state index >= 15 is 0 Å². The van der Waals surface area contributed by atoms with Crippen LogP contribution in [0.5, 0.6) is 0 Å². The van der Waals surface area contributed by atoms with Gasteiger partial charge < -0.3 is 5.73 Å². The minimum atomic E-state index is -0.426. The lowest BCUT2D eigenvalue weighted by atomic mass is 10.1. The number of fused-ring (bicyclic) bond motifs is 1. The fraction of sp³-hybridized carbons (Fsp3) is 0.0833. The van der Waals surface area contributed by atoms with E-state index in [1.54, 1.807) is 24.4 Å². The van der Waals surface area contributed by atoms with Gasteiger partial charge in [-0.15, -0.1) is 0 Å². The number of non-ortho nitro benzene ring substituents is 1. The predicted molar refractivity (Wildman–Crippen MR) is 64.3 cm³/mol. The lowest BCUT2D eigenvalue weighted by molar-refractivity contribution is -0.383. The first kappa shape index (κ1) is 11.0. The van der Waals surface area contributed by atoms with Crippen LogP contribution in [0.15, 0.2) is 30.5 Å². The second-order valence-corrected chi connectivity index (χ2v) is 3.29. The van der Waals surface area contributed by atoms with Crippen LogP contribution in [0.2, 0.25) is 0 Å². The topological polar surface area (TPSA) is 82.0 Å². The van der Waals surface area contributed by atoms with Crippen molar-refractivity contribution in [2.45, 2.75) is 0 Å². The van der Waals surface area contributed by atoms with Gasteiger partial charge in [-0.2, -0.15) is 0 Å². The Labute approximate surface area is 97.4 Å². The first-order valence-electron chi connectivity index (χ1n) is 4.95. The average molecular weight is 227 g/mol.